The number of carboxylic acid groups (broad SMARTS) is 1. The van der Waals surface area contributed by atoms with Crippen molar-refractivity contribution in [3.8, 4) is 11.5 Å². The van der Waals surface area contributed by atoms with Gasteiger partial charge in [-0.05, 0) is 71.0 Å². The summed E-state index contributed by atoms with van der Waals surface area (Å²) in [4.78, 5) is 25.9. The quantitative estimate of drug-likeness (QED) is 0.233. The number of phenols is 1. The molecule has 39 heavy (non-hydrogen) atoms. The van der Waals surface area contributed by atoms with Gasteiger partial charge in [-0.15, -0.1) is 0 Å². The number of nitrogens with zero attached hydrogens (tertiary/aromatic N) is 2. The molecule has 0 heterocycles. The van der Waals surface area contributed by atoms with Crippen LogP contribution in [0, 0.1) is 6.92 Å². The summed E-state index contributed by atoms with van der Waals surface area (Å²) < 4.78 is 5.85. The van der Waals surface area contributed by atoms with Crippen molar-refractivity contribution in [1.29, 1.82) is 0 Å². The number of carbonyl (C=O) groups is 2. The fourth-order valence-electron chi connectivity index (χ4n) is 4.24. The van der Waals surface area contributed by atoms with Crippen LogP contribution in [0.2, 0.25) is 0 Å². The van der Waals surface area contributed by atoms with Gasteiger partial charge in [0.2, 0.25) is 5.91 Å². The Kier molecular flexibility index (Phi) is 10.3. The number of ether oxygens (including phenoxy) is 1. The molecule has 204 valence electrons. The summed E-state index contributed by atoms with van der Waals surface area (Å²) in [7, 11) is 3.27. The van der Waals surface area contributed by atoms with Gasteiger partial charge in [-0.25, -0.2) is 4.79 Å². The summed E-state index contributed by atoms with van der Waals surface area (Å²) in [5.41, 5.74) is 6.66. The molecule has 0 radical (unpaired) electrons. The van der Waals surface area contributed by atoms with Crippen molar-refractivity contribution < 1.29 is 24.5 Å². The highest BCUT2D eigenvalue weighted by atomic mass is 16.5. The van der Waals surface area contributed by atoms with Crippen LogP contribution >= 0.6 is 0 Å². The van der Waals surface area contributed by atoms with Gasteiger partial charge in [0.25, 0.3) is 0 Å². The van der Waals surface area contributed by atoms with Crippen LogP contribution in [0.5, 0.6) is 11.5 Å². The van der Waals surface area contributed by atoms with E-state index in [1.807, 2.05) is 48.5 Å². The molecule has 0 atom stereocenters. The van der Waals surface area contributed by atoms with Crippen molar-refractivity contribution in [1.82, 2.24) is 9.80 Å². The minimum absolute atomic E-state index is 0.0939. The molecule has 3 aromatic carbocycles. The summed E-state index contributed by atoms with van der Waals surface area (Å²) in [5.74, 6) is 0.637. The van der Waals surface area contributed by atoms with E-state index in [1.165, 1.54) is 38.7 Å². The van der Waals surface area contributed by atoms with Gasteiger partial charge >= 0.3 is 6.09 Å². The van der Waals surface area contributed by atoms with E-state index in [0.717, 1.165) is 23.1 Å². The van der Waals surface area contributed by atoms with E-state index in [4.69, 9.17) is 4.74 Å². The number of carbonyl (C=O) groups excluding carboxylic acids is 1. The summed E-state index contributed by atoms with van der Waals surface area (Å²) in [5, 5.41) is 19.3. The second-order valence-electron chi connectivity index (χ2n) is 9.31. The predicted molar refractivity (Wildman–Crippen MR) is 155 cm³/mol. The topological polar surface area (TPSA) is 90.3 Å². The number of likely N-dealkylation sites (N-methyl/N-ethyl adjacent to an activating group) is 1. The van der Waals surface area contributed by atoms with Crippen molar-refractivity contribution in [2.24, 2.45) is 0 Å². The molecule has 2 N–H and O–H groups in total. The first kappa shape index (κ1) is 29.0. The number of amides is 2. The van der Waals surface area contributed by atoms with E-state index in [1.54, 1.807) is 26.2 Å². The Morgan fingerprint density at radius 2 is 1.54 bits per heavy atom. The lowest BCUT2D eigenvalue weighted by Crippen LogP contribution is -2.33. The predicted octanol–water partition coefficient (Wildman–Crippen LogP) is 6.07. The minimum atomic E-state index is -1.08. The first-order valence-electron chi connectivity index (χ1n) is 12.9. The van der Waals surface area contributed by atoms with E-state index >= 15 is 0 Å². The van der Waals surface area contributed by atoms with Crippen molar-refractivity contribution in [3.63, 3.8) is 0 Å². The van der Waals surface area contributed by atoms with Crippen LogP contribution in [0.4, 0.5) is 4.79 Å². The molecular weight excluding hydrogens is 492 g/mol. The Morgan fingerprint density at radius 3 is 2.10 bits per heavy atom. The molecule has 0 saturated heterocycles. The third kappa shape index (κ3) is 7.98. The van der Waals surface area contributed by atoms with Gasteiger partial charge in [-0.1, -0.05) is 61.5 Å². The Labute approximate surface area is 230 Å². The first-order chi connectivity index (χ1) is 18.7. The molecule has 0 bridgehead atoms. The minimum Gasteiger partial charge on any atom is -0.508 e. The lowest BCUT2D eigenvalue weighted by molar-refractivity contribution is -0.123. The maximum Gasteiger partial charge on any atom is 0.407 e. The third-order valence-corrected chi connectivity index (χ3v) is 6.35. The third-order valence-electron chi connectivity index (χ3n) is 6.35. The highest BCUT2D eigenvalue weighted by molar-refractivity contribution is 5.99. The summed E-state index contributed by atoms with van der Waals surface area (Å²) in [6.45, 7) is 4.66. The van der Waals surface area contributed by atoms with Crippen LogP contribution in [-0.4, -0.2) is 65.8 Å². The highest BCUT2D eigenvalue weighted by Crippen LogP contribution is 2.36. The molecule has 0 aromatic heterocycles. The van der Waals surface area contributed by atoms with Crippen molar-refractivity contribution in [3.05, 3.63) is 107 Å². The highest BCUT2D eigenvalue weighted by Gasteiger charge is 2.15. The van der Waals surface area contributed by atoms with Gasteiger partial charge < -0.3 is 24.7 Å². The SMILES string of the molecule is CCC(=C(c1ccc(O)cc1)c1ccc(OCCN(CC=CC(=O)N(C)C)C(=O)O)cc1)c1ccccc1C. The van der Waals surface area contributed by atoms with Crippen LogP contribution in [0.25, 0.3) is 11.1 Å². The molecule has 0 saturated carbocycles. The van der Waals surface area contributed by atoms with Crippen LogP contribution in [0.15, 0.2) is 84.9 Å². The molecule has 3 rings (SSSR count). The van der Waals surface area contributed by atoms with Crippen LogP contribution in [0.1, 0.15) is 35.6 Å². The number of phenolic OH excluding ortho intramolecular Hbond substituents is 1. The average molecular weight is 529 g/mol. The largest absolute Gasteiger partial charge is 0.508 e. The van der Waals surface area contributed by atoms with Gasteiger partial charge in [-0.2, -0.15) is 0 Å². The number of allylic oxidation sites excluding steroid dienone is 1. The molecule has 2 amide bonds. The molecule has 3 aromatic rings. The van der Waals surface area contributed by atoms with Gasteiger partial charge in [0.15, 0.2) is 0 Å². The molecule has 0 aliphatic heterocycles. The maximum absolute atomic E-state index is 11.7. The van der Waals surface area contributed by atoms with Crippen molar-refractivity contribution in [2.75, 3.05) is 33.8 Å². The second kappa shape index (κ2) is 13.9. The molecule has 7 heteroatoms. The normalized spacial score (nSPS) is 11.7. The van der Waals surface area contributed by atoms with E-state index in [0.29, 0.717) is 5.75 Å². The van der Waals surface area contributed by atoms with E-state index < -0.39 is 6.09 Å². The van der Waals surface area contributed by atoms with Gasteiger partial charge in [0, 0.05) is 26.7 Å². The summed E-state index contributed by atoms with van der Waals surface area (Å²) in [6, 6.07) is 23.3. The standard InChI is InChI=1S/C32H36N2O5/c1-5-28(29-10-7-6-9-23(29)2)31(24-12-16-26(35)17-13-24)25-14-18-27(19-15-25)39-22-21-34(32(37)38)20-8-11-30(36)33(3)4/h6-19,35H,5,20-22H2,1-4H3,(H,37,38). The number of hydrogen-bond acceptors (Lipinski definition) is 4. The summed E-state index contributed by atoms with van der Waals surface area (Å²) in [6.07, 6.45) is 2.63. The number of aryl methyl sites for hydroxylation is 1. The van der Waals surface area contributed by atoms with E-state index in [-0.39, 0.29) is 31.4 Å². The number of aromatic hydroxyl groups is 1. The van der Waals surface area contributed by atoms with E-state index in [2.05, 4.69) is 26.0 Å². The molecule has 0 unspecified atom stereocenters. The lowest BCUT2D eigenvalue weighted by Gasteiger charge is -2.19. The van der Waals surface area contributed by atoms with Crippen LogP contribution in [0.3, 0.4) is 0 Å². The smallest absolute Gasteiger partial charge is 0.407 e. The van der Waals surface area contributed by atoms with E-state index in [9.17, 15) is 19.8 Å². The Hall–Kier alpha value is -4.52. The zero-order chi connectivity index (χ0) is 28.4. The number of hydrogen-bond donors (Lipinski definition) is 2. The van der Waals surface area contributed by atoms with Gasteiger partial charge in [0.1, 0.15) is 18.1 Å². The van der Waals surface area contributed by atoms with Crippen molar-refractivity contribution >= 4 is 23.1 Å². The molecule has 0 aliphatic rings. The average Bonchev–Trinajstić information content (AvgIpc) is 2.92. The molecule has 7 nitrogen and oxygen atoms in total. The summed E-state index contributed by atoms with van der Waals surface area (Å²) >= 11 is 0. The fourth-order valence-corrected chi connectivity index (χ4v) is 4.24. The number of benzene rings is 3. The number of rotatable bonds is 11. The zero-order valence-corrected chi connectivity index (χ0v) is 22.9. The van der Waals surface area contributed by atoms with Crippen LogP contribution < -0.4 is 4.74 Å². The van der Waals surface area contributed by atoms with Gasteiger partial charge in [0.05, 0.1) is 6.54 Å². The molecule has 0 fully saturated rings. The molecule has 0 aliphatic carbocycles. The Morgan fingerprint density at radius 1 is 0.923 bits per heavy atom. The lowest BCUT2D eigenvalue weighted by atomic mass is 9.86. The Bertz CT molecular complexity index is 1330. The monoisotopic (exact) mass is 528 g/mol. The van der Waals surface area contributed by atoms with Gasteiger partial charge in [-0.3, -0.25) is 4.79 Å². The molecular formula is C32H36N2O5. The van der Waals surface area contributed by atoms with Crippen LogP contribution in [-0.2, 0) is 4.79 Å². The fraction of sp³-hybridized carbons (Fsp3) is 0.250. The zero-order valence-electron chi connectivity index (χ0n) is 22.9. The Balaban J connectivity index is 1.80. The maximum atomic E-state index is 11.7. The second-order valence-corrected chi connectivity index (χ2v) is 9.31. The van der Waals surface area contributed by atoms with Crippen molar-refractivity contribution in [2.45, 2.75) is 20.3 Å². The first-order valence-corrected chi connectivity index (χ1v) is 12.9. The molecule has 0 spiro atoms.